The number of benzene rings is 1. The molecule has 19 heavy (non-hydrogen) atoms. The summed E-state index contributed by atoms with van der Waals surface area (Å²) in [6.45, 7) is 7.97. The van der Waals surface area contributed by atoms with Gasteiger partial charge in [0.15, 0.2) is 0 Å². The number of thioether (sulfide) groups is 1. The summed E-state index contributed by atoms with van der Waals surface area (Å²) < 4.78 is 0. The zero-order valence-corrected chi connectivity index (χ0v) is 12.5. The summed E-state index contributed by atoms with van der Waals surface area (Å²) in [5.41, 5.74) is 1.17. The fourth-order valence-electron chi connectivity index (χ4n) is 2.35. The van der Waals surface area contributed by atoms with Crippen LogP contribution in [-0.4, -0.2) is 48.5 Å². The van der Waals surface area contributed by atoms with Crippen LogP contribution < -0.4 is 5.32 Å². The van der Waals surface area contributed by atoms with E-state index in [0.717, 1.165) is 18.8 Å². The van der Waals surface area contributed by atoms with Gasteiger partial charge in [-0.3, -0.25) is 0 Å². The minimum Gasteiger partial charge on any atom is -0.508 e. The SMILES string of the molecule is Cc1cc(O)ccc1SCCCCN1CCNCC1. The van der Waals surface area contributed by atoms with Gasteiger partial charge in [0.05, 0.1) is 0 Å². The molecule has 1 saturated heterocycles. The van der Waals surface area contributed by atoms with Crippen molar-refractivity contribution >= 4 is 11.8 Å². The second kappa shape index (κ2) is 7.78. The Labute approximate surface area is 120 Å². The molecule has 1 aliphatic heterocycles. The second-order valence-corrected chi connectivity index (χ2v) is 6.23. The summed E-state index contributed by atoms with van der Waals surface area (Å²) in [6, 6.07) is 5.63. The number of hydrogen-bond donors (Lipinski definition) is 2. The lowest BCUT2D eigenvalue weighted by Gasteiger charge is -2.26. The van der Waals surface area contributed by atoms with E-state index in [0.29, 0.717) is 5.75 Å². The van der Waals surface area contributed by atoms with E-state index in [2.05, 4.69) is 17.1 Å². The summed E-state index contributed by atoms with van der Waals surface area (Å²) in [4.78, 5) is 3.84. The smallest absolute Gasteiger partial charge is 0.115 e. The average Bonchev–Trinajstić information content (AvgIpc) is 2.42. The molecule has 1 aliphatic rings. The van der Waals surface area contributed by atoms with Crippen molar-refractivity contribution in [3.8, 4) is 5.75 Å². The van der Waals surface area contributed by atoms with Crippen LogP contribution in [-0.2, 0) is 0 Å². The number of phenols is 1. The zero-order chi connectivity index (χ0) is 13.5. The van der Waals surface area contributed by atoms with Crippen LogP contribution in [0.2, 0.25) is 0 Å². The van der Waals surface area contributed by atoms with Crippen LogP contribution in [0, 0.1) is 6.92 Å². The zero-order valence-electron chi connectivity index (χ0n) is 11.7. The maximum Gasteiger partial charge on any atom is 0.115 e. The molecule has 1 aromatic rings. The molecule has 2 N–H and O–H groups in total. The van der Waals surface area contributed by atoms with E-state index in [1.807, 2.05) is 23.9 Å². The lowest BCUT2D eigenvalue weighted by Crippen LogP contribution is -2.43. The number of nitrogens with one attached hydrogen (secondary N) is 1. The number of hydrogen-bond acceptors (Lipinski definition) is 4. The molecule has 4 heteroatoms. The fraction of sp³-hybridized carbons (Fsp3) is 0.600. The number of aromatic hydroxyl groups is 1. The molecule has 1 aromatic carbocycles. The summed E-state index contributed by atoms with van der Waals surface area (Å²) in [6.07, 6.45) is 2.54. The fourth-order valence-corrected chi connectivity index (χ4v) is 3.37. The van der Waals surface area contributed by atoms with Gasteiger partial charge in [0.2, 0.25) is 0 Å². The highest BCUT2D eigenvalue weighted by atomic mass is 32.2. The first-order valence-electron chi connectivity index (χ1n) is 7.11. The highest BCUT2D eigenvalue weighted by Gasteiger charge is 2.08. The molecule has 0 spiro atoms. The van der Waals surface area contributed by atoms with Crippen LogP contribution in [0.1, 0.15) is 18.4 Å². The maximum absolute atomic E-state index is 9.37. The molecule has 3 nitrogen and oxygen atoms in total. The van der Waals surface area contributed by atoms with Crippen LogP contribution in [0.5, 0.6) is 5.75 Å². The first kappa shape index (κ1) is 14.7. The van der Waals surface area contributed by atoms with Gasteiger partial charge in [-0.05, 0) is 55.8 Å². The molecule has 0 aromatic heterocycles. The third kappa shape index (κ3) is 5.05. The largest absolute Gasteiger partial charge is 0.508 e. The van der Waals surface area contributed by atoms with E-state index in [-0.39, 0.29) is 0 Å². The Bertz CT molecular complexity index is 392. The normalized spacial score (nSPS) is 16.7. The number of nitrogens with zero attached hydrogens (tertiary/aromatic N) is 1. The molecule has 1 heterocycles. The van der Waals surface area contributed by atoms with Crippen molar-refractivity contribution in [2.24, 2.45) is 0 Å². The van der Waals surface area contributed by atoms with Gasteiger partial charge in [-0.1, -0.05) is 0 Å². The molecule has 0 amide bonds. The topological polar surface area (TPSA) is 35.5 Å². The first-order chi connectivity index (χ1) is 9.25. The number of aryl methyl sites for hydroxylation is 1. The first-order valence-corrected chi connectivity index (χ1v) is 8.10. The Balaban J connectivity index is 1.61. The Kier molecular flexibility index (Phi) is 6.01. The molecule has 0 unspecified atom stereocenters. The number of phenolic OH excluding ortho intramolecular Hbond substituents is 1. The van der Waals surface area contributed by atoms with Gasteiger partial charge >= 0.3 is 0 Å². The van der Waals surface area contributed by atoms with Gasteiger partial charge in [0, 0.05) is 31.1 Å². The molecule has 106 valence electrons. The minimum atomic E-state index is 0.362. The third-order valence-corrected chi connectivity index (χ3v) is 4.76. The monoisotopic (exact) mass is 280 g/mol. The average molecular weight is 280 g/mol. The standard InChI is InChI=1S/C15H24N2OS/c1-13-12-14(18)4-5-15(13)19-11-3-2-8-17-9-6-16-7-10-17/h4-5,12,16,18H,2-3,6-11H2,1H3. The highest BCUT2D eigenvalue weighted by Crippen LogP contribution is 2.26. The highest BCUT2D eigenvalue weighted by molar-refractivity contribution is 7.99. The van der Waals surface area contributed by atoms with Crippen LogP contribution in [0.4, 0.5) is 0 Å². The predicted molar refractivity (Wildman–Crippen MR) is 82.1 cm³/mol. The van der Waals surface area contributed by atoms with Crippen LogP contribution in [0.3, 0.4) is 0 Å². The van der Waals surface area contributed by atoms with Crippen molar-refractivity contribution in [2.75, 3.05) is 38.5 Å². The molecule has 0 atom stereocenters. The van der Waals surface area contributed by atoms with Gasteiger partial charge in [-0.2, -0.15) is 0 Å². The van der Waals surface area contributed by atoms with Crippen molar-refractivity contribution < 1.29 is 5.11 Å². The Morgan fingerprint density at radius 3 is 2.79 bits per heavy atom. The lowest BCUT2D eigenvalue weighted by molar-refractivity contribution is 0.238. The van der Waals surface area contributed by atoms with E-state index < -0.39 is 0 Å². The van der Waals surface area contributed by atoms with Crippen LogP contribution in [0.15, 0.2) is 23.1 Å². The summed E-state index contributed by atoms with van der Waals surface area (Å²) >= 11 is 1.90. The molecular weight excluding hydrogens is 256 g/mol. The Hall–Kier alpha value is -0.710. The van der Waals surface area contributed by atoms with E-state index in [1.54, 1.807) is 6.07 Å². The molecule has 0 bridgehead atoms. The minimum absolute atomic E-state index is 0.362. The van der Waals surface area contributed by atoms with E-state index in [4.69, 9.17) is 0 Å². The summed E-state index contributed by atoms with van der Waals surface area (Å²) in [5.74, 6) is 1.53. The second-order valence-electron chi connectivity index (χ2n) is 5.10. The predicted octanol–water partition coefficient (Wildman–Crippen LogP) is 2.48. The molecule has 2 rings (SSSR count). The maximum atomic E-state index is 9.37. The van der Waals surface area contributed by atoms with Crippen LogP contribution in [0.25, 0.3) is 0 Å². The number of unbranched alkanes of at least 4 members (excludes halogenated alkanes) is 1. The van der Waals surface area contributed by atoms with E-state index >= 15 is 0 Å². The van der Waals surface area contributed by atoms with Gasteiger partial charge < -0.3 is 15.3 Å². The number of rotatable bonds is 6. The van der Waals surface area contributed by atoms with Crippen molar-refractivity contribution in [3.63, 3.8) is 0 Å². The quantitative estimate of drug-likeness (QED) is 0.620. The molecule has 0 saturated carbocycles. The molecule has 0 radical (unpaired) electrons. The summed E-state index contributed by atoms with van der Waals surface area (Å²) in [5, 5.41) is 12.8. The van der Waals surface area contributed by atoms with Gasteiger partial charge in [-0.25, -0.2) is 0 Å². The van der Waals surface area contributed by atoms with Crippen molar-refractivity contribution in [3.05, 3.63) is 23.8 Å². The molecular formula is C15H24N2OS. The Morgan fingerprint density at radius 1 is 1.26 bits per heavy atom. The van der Waals surface area contributed by atoms with E-state index in [1.165, 1.54) is 42.9 Å². The van der Waals surface area contributed by atoms with Crippen molar-refractivity contribution in [1.82, 2.24) is 10.2 Å². The van der Waals surface area contributed by atoms with Gasteiger partial charge in [0.25, 0.3) is 0 Å². The van der Waals surface area contributed by atoms with E-state index in [9.17, 15) is 5.11 Å². The van der Waals surface area contributed by atoms with Crippen molar-refractivity contribution in [2.45, 2.75) is 24.7 Å². The van der Waals surface area contributed by atoms with Gasteiger partial charge in [-0.15, -0.1) is 11.8 Å². The van der Waals surface area contributed by atoms with Crippen LogP contribution >= 0.6 is 11.8 Å². The third-order valence-electron chi connectivity index (χ3n) is 3.49. The molecule has 0 aliphatic carbocycles. The molecule has 1 fully saturated rings. The summed E-state index contributed by atoms with van der Waals surface area (Å²) in [7, 11) is 0. The van der Waals surface area contributed by atoms with Crippen molar-refractivity contribution in [1.29, 1.82) is 0 Å². The van der Waals surface area contributed by atoms with Gasteiger partial charge in [0.1, 0.15) is 5.75 Å². The Morgan fingerprint density at radius 2 is 2.05 bits per heavy atom. The number of piperazine rings is 1. The lowest BCUT2D eigenvalue weighted by atomic mass is 10.2.